The van der Waals surface area contributed by atoms with E-state index in [0.29, 0.717) is 0 Å². The Morgan fingerprint density at radius 3 is 2.69 bits per heavy atom. The third-order valence-corrected chi connectivity index (χ3v) is 3.96. The van der Waals surface area contributed by atoms with Gasteiger partial charge in [-0.3, -0.25) is 0 Å². The van der Waals surface area contributed by atoms with Crippen LogP contribution in [0.1, 0.15) is 32.6 Å². The second-order valence-electron chi connectivity index (χ2n) is 3.63. The van der Waals surface area contributed by atoms with Crippen LogP contribution in [0.15, 0.2) is 42.5 Å². The summed E-state index contributed by atoms with van der Waals surface area (Å²) in [6.45, 7) is 2.19. The molecule has 0 atom stereocenters. The van der Waals surface area contributed by atoms with Gasteiger partial charge in [0.2, 0.25) is 0 Å². The molecule has 0 aliphatic heterocycles. The average Bonchev–Trinajstić information content (AvgIpc) is 2.30. The van der Waals surface area contributed by atoms with Gasteiger partial charge in [0.25, 0.3) is 0 Å². The maximum absolute atomic E-state index is 11.6. The fraction of sp³-hybridized carbons (Fsp3) is 0.357. The molecule has 0 fully saturated rings. The van der Waals surface area contributed by atoms with Crippen LogP contribution in [-0.2, 0) is 4.79 Å². The second kappa shape index (κ2) is 8.32. The molecule has 0 aliphatic rings. The van der Waals surface area contributed by atoms with Crippen molar-refractivity contribution in [1.29, 1.82) is 0 Å². The zero-order chi connectivity index (χ0) is 11.6. The molecule has 16 heavy (non-hydrogen) atoms. The Labute approximate surface area is 104 Å². The van der Waals surface area contributed by atoms with E-state index in [1.54, 1.807) is 6.08 Å². The number of benzene rings is 1. The summed E-state index contributed by atoms with van der Waals surface area (Å²) in [5.74, 6) is 0. The van der Waals surface area contributed by atoms with E-state index < -0.39 is 0 Å². The Morgan fingerprint density at radius 2 is 2.00 bits per heavy atom. The van der Waals surface area contributed by atoms with Crippen molar-refractivity contribution >= 4 is 24.1 Å². The molecule has 0 N–H and O–H groups in total. The third kappa shape index (κ3) is 5.89. The summed E-state index contributed by atoms with van der Waals surface area (Å²) in [6.07, 6.45) is 8.48. The van der Waals surface area contributed by atoms with Crippen LogP contribution in [0.25, 0.3) is 0 Å². The summed E-state index contributed by atoms with van der Waals surface area (Å²) in [7, 11) is 0. The van der Waals surface area contributed by atoms with Gasteiger partial charge in [0.15, 0.2) is 0 Å². The molecule has 0 radical (unpaired) electrons. The van der Waals surface area contributed by atoms with E-state index in [1.165, 1.54) is 19.3 Å². The molecule has 0 amide bonds. The zero-order valence-corrected chi connectivity index (χ0v) is 11.4. The fourth-order valence-electron chi connectivity index (χ4n) is 1.33. The fourth-order valence-corrected chi connectivity index (χ4v) is 2.78. The molecule has 1 rings (SSSR count). The van der Waals surface area contributed by atoms with Crippen LogP contribution in [0.4, 0.5) is 0 Å². The first-order valence-corrected chi connectivity index (χ1v) is 7.47. The van der Waals surface area contributed by atoms with Gasteiger partial charge in [0, 0.05) is 0 Å². The van der Waals surface area contributed by atoms with Crippen molar-refractivity contribution in [1.82, 2.24) is 0 Å². The van der Waals surface area contributed by atoms with E-state index in [2.05, 4.69) is 6.92 Å². The van der Waals surface area contributed by atoms with Gasteiger partial charge in [-0.2, -0.15) is 0 Å². The second-order valence-corrected chi connectivity index (χ2v) is 5.89. The quantitative estimate of drug-likeness (QED) is 0.426. The van der Waals surface area contributed by atoms with Crippen LogP contribution in [-0.4, -0.2) is 19.6 Å². The number of hydrogen-bond donors (Lipinski definition) is 0. The summed E-state index contributed by atoms with van der Waals surface area (Å²) >= 11 is -0.0531. The minimum absolute atomic E-state index is 0.0531. The van der Waals surface area contributed by atoms with E-state index in [1.807, 2.05) is 36.4 Å². The summed E-state index contributed by atoms with van der Waals surface area (Å²) in [4.78, 5) is 11.6. The molecule has 1 aromatic rings. The molecule has 86 valence electrons. The molecule has 0 saturated heterocycles. The standard InChI is InChI=1S/C14H18OSe/c1-2-3-4-5-9-12-14(15)16-13-10-7-6-8-11-13/h6-12H,2-5H2,1H3/b12-9+. The molecule has 1 aromatic carbocycles. The zero-order valence-electron chi connectivity index (χ0n) is 9.69. The van der Waals surface area contributed by atoms with E-state index in [9.17, 15) is 4.79 Å². The van der Waals surface area contributed by atoms with Crippen molar-refractivity contribution in [2.24, 2.45) is 0 Å². The van der Waals surface area contributed by atoms with Crippen molar-refractivity contribution in [3.8, 4) is 0 Å². The van der Waals surface area contributed by atoms with Crippen LogP contribution in [0.3, 0.4) is 0 Å². The summed E-state index contributed by atoms with van der Waals surface area (Å²) in [5, 5.41) is 0. The summed E-state index contributed by atoms with van der Waals surface area (Å²) < 4.78 is 1.41. The van der Waals surface area contributed by atoms with Gasteiger partial charge in [-0.1, -0.05) is 0 Å². The van der Waals surface area contributed by atoms with Crippen LogP contribution in [0.2, 0.25) is 0 Å². The number of carbonyl (C=O) groups excluding carboxylic acids is 1. The molecule has 2 heteroatoms. The van der Waals surface area contributed by atoms with E-state index >= 15 is 0 Å². The molecule has 0 spiro atoms. The number of allylic oxidation sites excluding steroid dienone is 2. The van der Waals surface area contributed by atoms with Crippen LogP contribution >= 0.6 is 0 Å². The van der Waals surface area contributed by atoms with Crippen molar-refractivity contribution < 1.29 is 4.79 Å². The van der Waals surface area contributed by atoms with Crippen molar-refractivity contribution in [2.75, 3.05) is 0 Å². The first kappa shape index (κ1) is 13.2. The topological polar surface area (TPSA) is 17.1 Å². The SMILES string of the molecule is CCCCC/C=C/C(=O)[Se]c1ccccc1. The molecular formula is C14H18OSe. The minimum atomic E-state index is -0.0531. The molecule has 0 saturated carbocycles. The van der Waals surface area contributed by atoms with Gasteiger partial charge in [-0.05, 0) is 0 Å². The van der Waals surface area contributed by atoms with E-state index in [-0.39, 0.29) is 19.6 Å². The summed E-state index contributed by atoms with van der Waals surface area (Å²) in [6, 6.07) is 9.97. The first-order chi connectivity index (χ1) is 7.83. The first-order valence-electron chi connectivity index (χ1n) is 5.76. The van der Waals surface area contributed by atoms with Crippen molar-refractivity contribution in [3.05, 3.63) is 42.5 Å². The molecule has 0 aromatic heterocycles. The average molecular weight is 281 g/mol. The number of carbonyl (C=O) groups is 1. The van der Waals surface area contributed by atoms with Crippen LogP contribution < -0.4 is 4.46 Å². The predicted molar refractivity (Wildman–Crippen MR) is 70.1 cm³/mol. The maximum atomic E-state index is 11.6. The van der Waals surface area contributed by atoms with Gasteiger partial charge in [-0.15, -0.1) is 0 Å². The Balaban J connectivity index is 2.25. The number of rotatable bonds is 7. The molecule has 0 unspecified atom stereocenters. The van der Waals surface area contributed by atoms with Crippen LogP contribution in [0.5, 0.6) is 0 Å². The Bertz CT molecular complexity index is 330. The molecular weight excluding hydrogens is 263 g/mol. The van der Waals surface area contributed by atoms with E-state index in [4.69, 9.17) is 0 Å². The predicted octanol–water partition coefficient (Wildman–Crippen LogP) is 2.68. The van der Waals surface area contributed by atoms with Gasteiger partial charge < -0.3 is 0 Å². The van der Waals surface area contributed by atoms with Gasteiger partial charge >= 0.3 is 104 Å². The molecule has 0 bridgehead atoms. The van der Waals surface area contributed by atoms with Gasteiger partial charge in [-0.25, -0.2) is 0 Å². The summed E-state index contributed by atoms with van der Waals surface area (Å²) in [5.41, 5.74) is 0. The molecule has 0 heterocycles. The Hall–Kier alpha value is -0.851. The van der Waals surface area contributed by atoms with Gasteiger partial charge in [0.1, 0.15) is 0 Å². The normalized spacial score (nSPS) is 10.8. The molecule has 1 nitrogen and oxygen atoms in total. The van der Waals surface area contributed by atoms with E-state index in [0.717, 1.165) is 10.9 Å². The van der Waals surface area contributed by atoms with Crippen molar-refractivity contribution in [2.45, 2.75) is 32.6 Å². The monoisotopic (exact) mass is 282 g/mol. The van der Waals surface area contributed by atoms with Crippen LogP contribution in [0, 0.1) is 0 Å². The number of unbranched alkanes of at least 4 members (excludes halogenated alkanes) is 3. The van der Waals surface area contributed by atoms with Crippen molar-refractivity contribution in [3.63, 3.8) is 0 Å². The van der Waals surface area contributed by atoms with Gasteiger partial charge in [0.05, 0.1) is 0 Å². The third-order valence-electron chi connectivity index (χ3n) is 2.19. The Kier molecular flexibility index (Phi) is 6.87. The molecule has 0 aliphatic carbocycles. The number of hydrogen-bond acceptors (Lipinski definition) is 1. The Morgan fingerprint density at radius 1 is 1.25 bits per heavy atom.